The zero-order chi connectivity index (χ0) is 19.6. The molecule has 0 bridgehead atoms. The molecule has 1 N–H and O–H groups in total. The van der Waals surface area contributed by atoms with Crippen molar-refractivity contribution < 1.29 is 4.79 Å². The summed E-state index contributed by atoms with van der Waals surface area (Å²) < 4.78 is 1.67. The van der Waals surface area contributed by atoms with Gasteiger partial charge in [-0.3, -0.25) is 14.2 Å². The second-order valence-electron chi connectivity index (χ2n) is 7.27. The fraction of sp³-hybridized carbons (Fsp3) is 0.500. The zero-order valence-electron chi connectivity index (χ0n) is 15.9. The van der Waals surface area contributed by atoms with Crippen LogP contribution in [0.25, 0.3) is 10.9 Å². The number of nitrogens with zero attached hydrogens (tertiary/aromatic N) is 3. The van der Waals surface area contributed by atoms with Gasteiger partial charge < -0.3 is 5.32 Å². The summed E-state index contributed by atoms with van der Waals surface area (Å²) in [6.45, 7) is 5.76. The number of nitrogens with one attached hydrogen (secondary N) is 1. The van der Waals surface area contributed by atoms with Gasteiger partial charge in [-0.1, -0.05) is 30.8 Å². The lowest BCUT2D eigenvalue weighted by Crippen LogP contribution is -2.47. The summed E-state index contributed by atoms with van der Waals surface area (Å²) in [4.78, 5) is 30.0. The molecule has 0 saturated heterocycles. The second kappa shape index (κ2) is 7.73. The first-order valence-corrected chi connectivity index (χ1v) is 10.2. The molecule has 1 fully saturated rings. The van der Waals surface area contributed by atoms with E-state index < -0.39 is 5.54 Å². The average molecular weight is 385 g/mol. The Bertz CT molecular complexity index is 961. The minimum Gasteiger partial charge on any atom is -0.337 e. The van der Waals surface area contributed by atoms with Crippen LogP contribution in [0.3, 0.4) is 0 Å². The van der Waals surface area contributed by atoms with Crippen LogP contribution in [0.4, 0.5) is 0 Å². The number of benzene rings is 1. The molecule has 27 heavy (non-hydrogen) atoms. The summed E-state index contributed by atoms with van der Waals surface area (Å²) in [5, 5.41) is 13.4. The van der Waals surface area contributed by atoms with E-state index in [-0.39, 0.29) is 29.2 Å². The van der Waals surface area contributed by atoms with Crippen LogP contribution in [-0.4, -0.2) is 26.8 Å². The molecule has 0 aliphatic heterocycles. The topological polar surface area (TPSA) is 87.8 Å². The maximum absolute atomic E-state index is 12.9. The van der Waals surface area contributed by atoms with Crippen LogP contribution in [0.15, 0.2) is 34.2 Å². The van der Waals surface area contributed by atoms with E-state index in [1.807, 2.05) is 32.0 Å². The Morgan fingerprint density at radius 1 is 1.48 bits per heavy atom. The van der Waals surface area contributed by atoms with Gasteiger partial charge in [0.1, 0.15) is 5.54 Å². The highest BCUT2D eigenvalue weighted by Gasteiger charge is 2.43. The van der Waals surface area contributed by atoms with Crippen molar-refractivity contribution in [1.29, 1.82) is 5.26 Å². The summed E-state index contributed by atoms with van der Waals surface area (Å²) in [6, 6.07) is 9.47. The Morgan fingerprint density at radius 3 is 2.81 bits per heavy atom. The van der Waals surface area contributed by atoms with E-state index in [4.69, 9.17) is 0 Å². The SMILES string of the molecule is CC[C@@H](C)n1c(SCC(=O)N[C@@](C)(C#N)C2CC2)nc2ccccc2c1=O. The minimum absolute atomic E-state index is 0.0176. The van der Waals surface area contributed by atoms with Crippen molar-refractivity contribution in [2.45, 2.75) is 56.8 Å². The number of hydrogen-bond acceptors (Lipinski definition) is 5. The molecule has 0 spiro atoms. The fourth-order valence-corrected chi connectivity index (χ4v) is 4.03. The molecule has 1 aromatic heterocycles. The number of thioether (sulfide) groups is 1. The van der Waals surface area contributed by atoms with Gasteiger partial charge in [-0.15, -0.1) is 0 Å². The lowest BCUT2D eigenvalue weighted by atomic mass is 9.98. The third-order valence-electron chi connectivity index (χ3n) is 5.16. The van der Waals surface area contributed by atoms with Crippen LogP contribution < -0.4 is 10.9 Å². The van der Waals surface area contributed by atoms with Crippen molar-refractivity contribution >= 4 is 28.6 Å². The van der Waals surface area contributed by atoms with Crippen molar-refractivity contribution in [2.75, 3.05) is 5.75 Å². The van der Waals surface area contributed by atoms with E-state index in [9.17, 15) is 14.9 Å². The monoisotopic (exact) mass is 384 g/mol. The molecule has 7 heteroatoms. The van der Waals surface area contributed by atoms with E-state index in [1.165, 1.54) is 11.8 Å². The number of para-hydroxylation sites is 1. The van der Waals surface area contributed by atoms with Crippen molar-refractivity contribution in [3.63, 3.8) is 0 Å². The van der Waals surface area contributed by atoms with Crippen molar-refractivity contribution in [3.05, 3.63) is 34.6 Å². The molecule has 1 aliphatic rings. The fourth-order valence-electron chi connectivity index (χ4n) is 3.14. The lowest BCUT2D eigenvalue weighted by Gasteiger charge is -2.23. The second-order valence-corrected chi connectivity index (χ2v) is 8.21. The lowest BCUT2D eigenvalue weighted by molar-refractivity contribution is -0.119. The summed E-state index contributed by atoms with van der Waals surface area (Å²) in [5.41, 5.74) is -0.271. The number of hydrogen-bond donors (Lipinski definition) is 1. The number of aromatic nitrogens is 2. The van der Waals surface area contributed by atoms with Crippen LogP contribution in [0.1, 0.15) is 46.1 Å². The molecular formula is C20H24N4O2S. The molecule has 1 saturated carbocycles. The average Bonchev–Trinajstić information content (AvgIpc) is 3.51. The molecule has 0 radical (unpaired) electrons. The van der Waals surface area contributed by atoms with E-state index >= 15 is 0 Å². The van der Waals surface area contributed by atoms with E-state index in [0.29, 0.717) is 16.1 Å². The molecular weight excluding hydrogens is 360 g/mol. The van der Waals surface area contributed by atoms with E-state index in [1.54, 1.807) is 17.6 Å². The minimum atomic E-state index is -0.815. The van der Waals surface area contributed by atoms with Gasteiger partial charge in [0.05, 0.1) is 22.7 Å². The molecule has 1 amide bonds. The van der Waals surface area contributed by atoms with Crippen molar-refractivity contribution in [3.8, 4) is 6.07 Å². The Balaban J connectivity index is 1.84. The Hall–Kier alpha value is -2.33. The van der Waals surface area contributed by atoms with Gasteiger partial charge in [0.25, 0.3) is 5.56 Å². The third-order valence-corrected chi connectivity index (χ3v) is 6.12. The number of rotatable bonds is 7. The maximum Gasteiger partial charge on any atom is 0.262 e. The number of carbonyl (C=O) groups is 1. The van der Waals surface area contributed by atoms with Gasteiger partial charge in [-0.05, 0) is 51.2 Å². The standard InChI is InChI=1S/C20H24N4O2S/c1-4-13(2)24-18(26)15-7-5-6-8-16(15)22-19(24)27-11-17(25)23-20(3,12-21)14-9-10-14/h5-8,13-14H,4,9-11H2,1-3H3,(H,23,25)/t13-,20+/m1/s1. The predicted molar refractivity (Wildman–Crippen MR) is 107 cm³/mol. The molecule has 1 aliphatic carbocycles. The third kappa shape index (κ3) is 4.01. The first-order valence-electron chi connectivity index (χ1n) is 9.26. The van der Waals surface area contributed by atoms with Crippen LogP contribution in [-0.2, 0) is 4.79 Å². The van der Waals surface area contributed by atoms with Gasteiger partial charge in [-0.25, -0.2) is 4.98 Å². The molecule has 6 nitrogen and oxygen atoms in total. The largest absolute Gasteiger partial charge is 0.337 e. The summed E-state index contributed by atoms with van der Waals surface area (Å²) in [5.74, 6) is 0.133. The van der Waals surface area contributed by atoms with Gasteiger partial charge in [0.2, 0.25) is 5.91 Å². The predicted octanol–water partition coefficient (Wildman–Crippen LogP) is 3.27. The van der Waals surface area contributed by atoms with Gasteiger partial charge in [0.15, 0.2) is 5.16 Å². The summed E-state index contributed by atoms with van der Waals surface area (Å²) in [7, 11) is 0. The Kier molecular flexibility index (Phi) is 5.56. The van der Waals surface area contributed by atoms with Gasteiger partial charge in [0, 0.05) is 6.04 Å². The van der Waals surface area contributed by atoms with Gasteiger partial charge >= 0.3 is 0 Å². The smallest absolute Gasteiger partial charge is 0.262 e. The quantitative estimate of drug-likeness (QED) is 0.585. The van der Waals surface area contributed by atoms with Crippen molar-refractivity contribution in [1.82, 2.24) is 14.9 Å². The van der Waals surface area contributed by atoms with E-state index in [2.05, 4.69) is 16.4 Å². The number of amides is 1. The number of fused-ring (bicyclic) bond motifs is 1. The molecule has 1 aromatic carbocycles. The van der Waals surface area contributed by atoms with E-state index in [0.717, 1.165) is 19.3 Å². The highest BCUT2D eigenvalue weighted by Crippen LogP contribution is 2.39. The molecule has 1 heterocycles. The Morgan fingerprint density at radius 2 is 2.19 bits per heavy atom. The molecule has 0 unspecified atom stereocenters. The van der Waals surface area contributed by atoms with Crippen LogP contribution in [0.2, 0.25) is 0 Å². The van der Waals surface area contributed by atoms with Crippen molar-refractivity contribution in [2.24, 2.45) is 5.92 Å². The first kappa shape index (κ1) is 19.4. The zero-order valence-corrected chi connectivity index (χ0v) is 16.7. The molecule has 3 rings (SSSR count). The number of carbonyl (C=O) groups excluding carboxylic acids is 1. The van der Waals surface area contributed by atoms with Gasteiger partial charge in [-0.2, -0.15) is 5.26 Å². The molecule has 142 valence electrons. The van der Waals surface area contributed by atoms with Crippen LogP contribution in [0, 0.1) is 17.2 Å². The molecule has 2 atom stereocenters. The maximum atomic E-state index is 12.9. The van der Waals surface area contributed by atoms with Crippen LogP contribution in [0.5, 0.6) is 0 Å². The number of nitriles is 1. The highest BCUT2D eigenvalue weighted by molar-refractivity contribution is 7.99. The molecule has 2 aromatic rings. The normalized spacial score (nSPS) is 17.1. The van der Waals surface area contributed by atoms with Crippen LogP contribution >= 0.6 is 11.8 Å². The summed E-state index contributed by atoms with van der Waals surface area (Å²) >= 11 is 1.24. The first-order chi connectivity index (χ1) is 12.9. The highest BCUT2D eigenvalue weighted by atomic mass is 32.2. The summed E-state index contributed by atoms with van der Waals surface area (Å²) in [6.07, 6.45) is 2.72. The Labute approximate surface area is 163 Å².